The molecule has 17 heavy (non-hydrogen) atoms. The van der Waals surface area contributed by atoms with Gasteiger partial charge in [0, 0.05) is 12.8 Å². The Balaban J connectivity index is 1.80. The third-order valence-corrected chi connectivity index (χ3v) is 4.19. The van der Waals surface area contributed by atoms with Crippen LogP contribution in [-0.2, 0) is 14.2 Å². The first kappa shape index (κ1) is 11.9. The molecule has 3 rings (SSSR count). The van der Waals surface area contributed by atoms with E-state index in [4.69, 9.17) is 14.2 Å². The van der Waals surface area contributed by atoms with E-state index < -0.39 is 11.4 Å². The Morgan fingerprint density at radius 2 is 1.88 bits per heavy atom. The molecule has 1 N–H and O–H groups in total. The molecule has 1 saturated carbocycles. The summed E-state index contributed by atoms with van der Waals surface area (Å²) < 4.78 is 17.7. The molecule has 0 amide bonds. The molecule has 3 aliphatic rings. The van der Waals surface area contributed by atoms with Crippen LogP contribution in [0, 0.1) is 0 Å². The molecule has 0 aromatic carbocycles. The van der Waals surface area contributed by atoms with E-state index in [1.54, 1.807) is 0 Å². The molecular weight excluding hydrogens is 220 g/mol. The lowest BCUT2D eigenvalue weighted by Gasteiger charge is -2.34. The second-order valence-corrected chi connectivity index (χ2v) is 6.10. The van der Waals surface area contributed by atoms with Gasteiger partial charge in [0.2, 0.25) is 0 Å². The Morgan fingerprint density at radius 1 is 1.18 bits per heavy atom. The quantitative estimate of drug-likeness (QED) is 0.799. The fourth-order valence-corrected chi connectivity index (χ4v) is 3.56. The first-order valence-corrected chi connectivity index (χ1v) is 6.67. The van der Waals surface area contributed by atoms with Crippen LogP contribution in [0.5, 0.6) is 0 Å². The van der Waals surface area contributed by atoms with Crippen molar-refractivity contribution in [3.8, 4) is 0 Å². The lowest BCUT2D eigenvalue weighted by Crippen LogP contribution is -2.48. The van der Waals surface area contributed by atoms with Crippen molar-refractivity contribution in [1.82, 2.24) is 0 Å². The number of fused-ring (bicyclic) bond motifs is 4. The van der Waals surface area contributed by atoms with Crippen LogP contribution in [0.25, 0.3) is 0 Å². The molecule has 3 fully saturated rings. The van der Waals surface area contributed by atoms with Crippen molar-refractivity contribution in [1.29, 1.82) is 0 Å². The molecule has 4 heteroatoms. The Bertz CT molecular complexity index is 317. The van der Waals surface area contributed by atoms with Gasteiger partial charge < -0.3 is 19.3 Å². The van der Waals surface area contributed by atoms with E-state index >= 15 is 0 Å². The van der Waals surface area contributed by atoms with Crippen LogP contribution in [0.2, 0.25) is 0 Å². The van der Waals surface area contributed by atoms with E-state index in [1.165, 1.54) is 0 Å². The maximum Gasteiger partial charge on any atom is 0.163 e. The molecular formula is C13H22O4. The van der Waals surface area contributed by atoms with Crippen molar-refractivity contribution >= 4 is 0 Å². The molecule has 1 aliphatic carbocycles. The Hall–Kier alpha value is -0.160. The van der Waals surface area contributed by atoms with Crippen LogP contribution < -0.4 is 0 Å². The summed E-state index contributed by atoms with van der Waals surface area (Å²) in [6.45, 7) is 5.96. The summed E-state index contributed by atoms with van der Waals surface area (Å²) in [6.07, 6.45) is 3.21. The summed E-state index contributed by atoms with van der Waals surface area (Å²) in [5.74, 6) is -0.542. The number of rotatable bonds is 2. The predicted molar refractivity (Wildman–Crippen MR) is 61.6 cm³/mol. The Labute approximate surface area is 102 Å². The third-order valence-electron chi connectivity index (χ3n) is 4.19. The van der Waals surface area contributed by atoms with E-state index in [-0.39, 0.29) is 24.4 Å². The van der Waals surface area contributed by atoms with E-state index in [2.05, 4.69) is 6.92 Å². The zero-order valence-corrected chi connectivity index (χ0v) is 10.8. The maximum absolute atomic E-state index is 10.7. The summed E-state index contributed by atoms with van der Waals surface area (Å²) in [7, 11) is 0. The molecule has 0 aromatic rings. The van der Waals surface area contributed by atoms with E-state index in [1.807, 2.05) is 13.8 Å². The Morgan fingerprint density at radius 3 is 2.59 bits per heavy atom. The fraction of sp³-hybridized carbons (Fsp3) is 1.00. The first-order chi connectivity index (χ1) is 7.93. The van der Waals surface area contributed by atoms with Gasteiger partial charge in [-0.1, -0.05) is 13.3 Å². The van der Waals surface area contributed by atoms with E-state index in [0.717, 1.165) is 12.8 Å². The van der Waals surface area contributed by atoms with Gasteiger partial charge in [0.05, 0.1) is 23.9 Å². The first-order valence-electron chi connectivity index (χ1n) is 6.67. The highest BCUT2D eigenvalue weighted by molar-refractivity contribution is 5.08. The minimum absolute atomic E-state index is 0.00271. The summed E-state index contributed by atoms with van der Waals surface area (Å²) in [5.41, 5.74) is -0.703. The van der Waals surface area contributed by atoms with Crippen LogP contribution in [0.15, 0.2) is 0 Å². The normalized spacial score (nSPS) is 51.5. The minimum Gasteiger partial charge on any atom is -0.387 e. The summed E-state index contributed by atoms with van der Waals surface area (Å²) in [6, 6.07) is 0. The third kappa shape index (κ3) is 1.82. The average molecular weight is 242 g/mol. The lowest BCUT2D eigenvalue weighted by molar-refractivity contribution is -0.165. The highest BCUT2D eigenvalue weighted by Crippen LogP contribution is 2.49. The van der Waals surface area contributed by atoms with Gasteiger partial charge in [-0.3, -0.25) is 0 Å². The maximum atomic E-state index is 10.7. The zero-order chi connectivity index (χ0) is 12.3. The van der Waals surface area contributed by atoms with Gasteiger partial charge in [-0.15, -0.1) is 0 Å². The molecule has 0 spiro atoms. The van der Waals surface area contributed by atoms with Gasteiger partial charge >= 0.3 is 0 Å². The van der Waals surface area contributed by atoms with Crippen LogP contribution in [0.3, 0.4) is 0 Å². The zero-order valence-electron chi connectivity index (χ0n) is 10.8. The molecule has 4 nitrogen and oxygen atoms in total. The highest BCUT2D eigenvalue weighted by Gasteiger charge is 2.61. The SMILES string of the molecule is CCC[C@@H]1O[C@@H]2C[C@@]1(O)C[C@H]1OC(C)(C)OC21. The summed E-state index contributed by atoms with van der Waals surface area (Å²) in [4.78, 5) is 0. The second-order valence-electron chi connectivity index (χ2n) is 6.10. The van der Waals surface area contributed by atoms with Crippen LogP contribution >= 0.6 is 0 Å². The monoisotopic (exact) mass is 242 g/mol. The summed E-state index contributed by atoms with van der Waals surface area (Å²) >= 11 is 0. The van der Waals surface area contributed by atoms with Crippen molar-refractivity contribution in [3.05, 3.63) is 0 Å². The van der Waals surface area contributed by atoms with Gasteiger partial charge in [-0.2, -0.15) is 0 Å². The number of hydrogen-bond donors (Lipinski definition) is 1. The van der Waals surface area contributed by atoms with Crippen LogP contribution in [0.4, 0.5) is 0 Å². The topological polar surface area (TPSA) is 47.9 Å². The van der Waals surface area contributed by atoms with Crippen molar-refractivity contribution in [2.75, 3.05) is 0 Å². The minimum atomic E-state index is -0.703. The van der Waals surface area contributed by atoms with Crippen molar-refractivity contribution in [2.45, 2.75) is 82.3 Å². The molecule has 5 atom stereocenters. The van der Waals surface area contributed by atoms with Crippen molar-refractivity contribution in [3.63, 3.8) is 0 Å². The average Bonchev–Trinajstić information content (AvgIpc) is 2.64. The van der Waals surface area contributed by atoms with Crippen LogP contribution in [-0.4, -0.2) is 40.9 Å². The van der Waals surface area contributed by atoms with Crippen molar-refractivity contribution in [2.24, 2.45) is 0 Å². The summed E-state index contributed by atoms with van der Waals surface area (Å²) in [5, 5.41) is 10.7. The van der Waals surface area contributed by atoms with Gasteiger partial charge in [0.25, 0.3) is 0 Å². The largest absolute Gasteiger partial charge is 0.387 e. The molecule has 0 aromatic heterocycles. The number of hydrogen-bond acceptors (Lipinski definition) is 4. The van der Waals surface area contributed by atoms with Gasteiger partial charge in [0.1, 0.15) is 6.10 Å². The highest BCUT2D eigenvalue weighted by atomic mass is 16.8. The lowest BCUT2D eigenvalue weighted by atomic mass is 9.78. The van der Waals surface area contributed by atoms with Crippen molar-refractivity contribution < 1.29 is 19.3 Å². The van der Waals surface area contributed by atoms with E-state index in [0.29, 0.717) is 12.8 Å². The van der Waals surface area contributed by atoms with Gasteiger partial charge in [0.15, 0.2) is 5.79 Å². The smallest absolute Gasteiger partial charge is 0.163 e. The molecule has 98 valence electrons. The molecule has 2 aliphatic heterocycles. The molecule has 1 unspecified atom stereocenters. The number of ether oxygens (including phenoxy) is 3. The Kier molecular flexibility index (Phi) is 2.57. The standard InChI is InChI=1S/C13H22O4/c1-4-5-10-13(14)6-8(15-10)11-9(7-13)16-12(2,3)17-11/h8-11,14H,4-7H2,1-3H3/t8-,9-,10+,11?,13-/m1/s1. The second kappa shape index (κ2) is 3.67. The van der Waals surface area contributed by atoms with E-state index in [9.17, 15) is 5.11 Å². The van der Waals surface area contributed by atoms with Gasteiger partial charge in [-0.05, 0) is 20.3 Å². The predicted octanol–water partition coefficient (Wildman–Crippen LogP) is 1.60. The van der Waals surface area contributed by atoms with Crippen LogP contribution in [0.1, 0.15) is 46.5 Å². The molecule has 2 heterocycles. The van der Waals surface area contributed by atoms with Gasteiger partial charge in [-0.25, -0.2) is 0 Å². The molecule has 2 bridgehead atoms. The fourth-order valence-electron chi connectivity index (χ4n) is 3.56. The number of aliphatic hydroxyl groups is 1. The molecule has 2 saturated heterocycles. The molecule has 0 radical (unpaired) electrons.